The molecule has 0 radical (unpaired) electrons. The molecule has 5 nitrogen and oxygen atoms in total. The SMILES string of the molecule is CC(C)N(C)C(=O)CN(C)CC1(O)CCNC1. The van der Waals surface area contributed by atoms with E-state index in [4.69, 9.17) is 0 Å². The summed E-state index contributed by atoms with van der Waals surface area (Å²) in [5, 5.41) is 13.3. The first-order valence-corrected chi connectivity index (χ1v) is 6.21. The molecular formula is C12H25N3O2. The van der Waals surface area contributed by atoms with Gasteiger partial charge in [-0.3, -0.25) is 9.69 Å². The molecule has 1 aliphatic rings. The van der Waals surface area contributed by atoms with Crippen LogP contribution in [0.25, 0.3) is 0 Å². The molecule has 1 amide bonds. The lowest BCUT2D eigenvalue weighted by atomic mass is 10.0. The molecule has 0 aromatic rings. The highest BCUT2D eigenvalue weighted by molar-refractivity contribution is 5.78. The van der Waals surface area contributed by atoms with Crippen molar-refractivity contribution in [3.63, 3.8) is 0 Å². The predicted octanol–water partition coefficient (Wildman–Crippen LogP) is -0.491. The zero-order chi connectivity index (χ0) is 13.1. The summed E-state index contributed by atoms with van der Waals surface area (Å²) in [4.78, 5) is 15.5. The lowest BCUT2D eigenvalue weighted by molar-refractivity contribution is -0.132. The molecule has 1 unspecified atom stereocenters. The number of nitrogens with zero attached hydrogens (tertiary/aromatic N) is 2. The first-order valence-electron chi connectivity index (χ1n) is 6.21. The van der Waals surface area contributed by atoms with E-state index in [9.17, 15) is 9.90 Å². The summed E-state index contributed by atoms with van der Waals surface area (Å²) in [6.45, 7) is 6.35. The first-order chi connectivity index (χ1) is 7.84. The van der Waals surface area contributed by atoms with Crippen molar-refractivity contribution in [1.82, 2.24) is 15.1 Å². The van der Waals surface area contributed by atoms with Gasteiger partial charge in [0, 0.05) is 26.2 Å². The van der Waals surface area contributed by atoms with Crippen LogP contribution in [0.3, 0.4) is 0 Å². The Kier molecular flexibility index (Phi) is 4.91. The van der Waals surface area contributed by atoms with Gasteiger partial charge in [0.15, 0.2) is 0 Å². The van der Waals surface area contributed by atoms with Gasteiger partial charge < -0.3 is 15.3 Å². The molecule has 0 aromatic carbocycles. The van der Waals surface area contributed by atoms with E-state index in [2.05, 4.69) is 5.32 Å². The van der Waals surface area contributed by atoms with Crippen molar-refractivity contribution in [3.8, 4) is 0 Å². The fourth-order valence-electron chi connectivity index (χ4n) is 2.05. The molecule has 1 saturated heterocycles. The van der Waals surface area contributed by atoms with Gasteiger partial charge in [0.1, 0.15) is 0 Å². The number of aliphatic hydroxyl groups is 1. The van der Waals surface area contributed by atoms with Crippen LogP contribution in [0.5, 0.6) is 0 Å². The van der Waals surface area contributed by atoms with Gasteiger partial charge in [-0.25, -0.2) is 0 Å². The van der Waals surface area contributed by atoms with Crippen LogP contribution >= 0.6 is 0 Å². The van der Waals surface area contributed by atoms with Crippen molar-refractivity contribution in [1.29, 1.82) is 0 Å². The topological polar surface area (TPSA) is 55.8 Å². The van der Waals surface area contributed by atoms with E-state index in [0.717, 1.165) is 13.0 Å². The van der Waals surface area contributed by atoms with Crippen molar-refractivity contribution < 1.29 is 9.90 Å². The molecule has 0 bridgehead atoms. The Bertz CT molecular complexity index is 262. The van der Waals surface area contributed by atoms with Gasteiger partial charge in [-0.15, -0.1) is 0 Å². The summed E-state index contributed by atoms with van der Waals surface area (Å²) < 4.78 is 0. The van der Waals surface area contributed by atoms with Gasteiger partial charge in [0.25, 0.3) is 0 Å². The Balaban J connectivity index is 2.38. The molecule has 0 saturated carbocycles. The van der Waals surface area contributed by atoms with Gasteiger partial charge in [-0.2, -0.15) is 0 Å². The highest BCUT2D eigenvalue weighted by Gasteiger charge is 2.32. The molecule has 100 valence electrons. The minimum Gasteiger partial charge on any atom is -0.387 e. The van der Waals surface area contributed by atoms with E-state index in [0.29, 0.717) is 19.6 Å². The Morgan fingerprint density at radius 2 is 2.12 bits per heavy atom. The van der Waals surface area contributed by atoms with E-state index >= 15 is 0 Å². The van der Waals surface area contributed by atoms with Crippen LogP contribution in [0, 0.1) is 0 Å². The molecule has 1 heterocycles. The molecule has 1 fully saturated rings. The largest absolute Gasteiger partial charge is 0.387 e. The number of likely N-dealkylation sites (N-methyl/N-ethyl adjacent to an activating group) is 2. The second kappa shape index (κ2) is 5.80. The van der Waals surface area contributed by atoms with E-state index in [1.165, 1.54) is 0 Å². The average molecular weight is 243 g/mol. The summed E-state index contributed by atoms with van der Waals surface area (Å²) in [5.41, 5.74) is -0.675. The maximum Gasteiger partial charge on any atom is 0.236 e. The molecular weight excluding hydrogens is 218 g/mol. The van der Waals surface area contributed by atoms with Crippen LogP contribution in [0.15, 0.2) is 0 Å². The quantitative estimate of drug-likeness (QED) is 0.684. The van der Waals surface area contributed by atoms with E-state index in [1.54, 1.807) is 4.90 Å². The second-order valence-electron chi connectivity index (χ2n) is 5.42. The fraction of sp³-hybridized carbons (Fsp3) is 0.917. The van der Waals surface area contributed by atoms with Gasteiger partial charge in [0.05, 0.1) is 12.1 Å². The van der Waals surface area contributed by atoms with Crippen LogP contribution in [0.4, 0.5) is 0 Å². The second-order valence-corrected chi connectivity index (χ2v) is 5.42. The summed E-state index contributed by atoms with van der Waals surface area (Å²) >= 11 is 0. The van der Waals surface area contributed by atoms with Crippen molar-refractivity contribution in [2.75, 3.05) is 40.3 Å². The lowest BCUT2D eigenvalue weighted by Gasteiger charge is -2.29. The molecule has 0 spiro atoms. The third-order valence-corrected chi connectivity index (χ3v) is 3.36. The molecule has 1 rings (SSSR count). The molecule has 5 heteroatoms. The molecule has 17 heavy (non-hydrogen) atoms. The van der Waals surface area contributed by atoms with E-state index in [1.807, 2.05) is 32.8 Å². The van der Waals surface area contributed by atoms with Crippen LogP contribution in [-0.4, -0.2) is 72.7 Å². The molecule has 1 aliphatic heterocycles. The maximum absolute atomic E-state index is 11.9. The van der Waals surface area contributed by atoms with Crippen LogP contribution < -0.4 is 5.32 Å². The predicted molar refractivity (Wildman–Crippen MR) is 67.8 cm³/mol. The monoisotopic (exact) mass is 243 g/mol. The number of nitrogens with one attached hydrogen (secondary N) is 1. The number of β-amino-alcohol motifs (C(OH)–C–C–N with tert-alkyl or cyclic N) is 1. The first kappa shape index (κ1) is 14.4. The number of hydrogen-bond acceptors (Lipinski definition) is 4. The fourth-order valence-corrected chi connectivity index (χ4v) is 2.05. The minimum absolute atomic E-state index is 0.0945. The summed E-state index contributed by atoms with van der Waals surface area (Å²) in [6.07, 6.45) is 0.756. The third-order valence-electron chi connectivity index (χ3n) is 3.36. The zero-order valence-corrected chi connectivity index (χ0v) is 11.4. The third kappa shape index (κ3) is 4.26. The molecule has 1 atom stereocenters. The number of hydrogen-bond donors (Lipinski definition) is 2. The van der Waals surface area contributed by atoms with Gasteiger partial charge >= 0.3 is 0 Å². The van der Waals surface area contributed by atoms with Gasteiger partial charge in [0.2, 0.25) is 5.91 Å². The number of carbonyl (C=O) groups excluding carboxylic acids is 1. The smallest absolute Gasteiger partial charge is 0.236 e. The molecule has 2 N–H and O–H groups in total. The van der Waals surface area contributed by atoms with Crippen molar-refractivity contribution >= 4 is 5.91 Å². The van der Waals surface area contributed by atoms with Gasteiger partial charge in [-0.1, -0.05) is 0 Å². The van der Waals surface area contributed by atoms with Crippen molar-refractivity contribution in [2.45, 2.75) is 31.9 Å². The highest BCUT2D eigenvalue weighted by Crippen LogP contribution is 2.15. The summed E-state index contributed by atoms with van der Waals surface area (Å²) in [7, 11) is 3.69. The summed E-state index contributed by atoms with van der Waals surface area (Å²) in [5.74, 6) is 0.0945. The maximum atomic E-state index is 11.9. The van der Waals surface area contributed by atoms with Crippen molar-refractivity contribution in [2.24, 2.45) is 0 Å². The molecule has 0 aliphatic carbocycles. The Morgan fingerprint density at radius 3 is 2.59 bits per heavy atom. The number of rotatable bonds is 5. The Labute approximate surface area is 104 Å². The van der Waals surface area contributed by atoms with E-state index < -0.39 is 5.60 Å². The van der Waals surface area contributed by atoms with Crippen LogP contribution in [-0.2, 0) is 4.79 Å². The summed E-state index contributed by atoms with van der Waals surface area (Å²) in [6, 6.07) is 0.215. The standard InChI is InChI=1S/C12H25N3O2/c1-10(2)15(4)11(16)7-14(3)9-12(17)5-6-13-8-12/h10,13,17H,5-9H2,1-4H3. The lowest BCUT2D eigenvalue weighted by Crippen LogP contribution is -2.47. The Morgan fingerprint density at radius 1 is 1.47 bits per heavy atom. The zero-order valence-electron chi connectivity index (χ0n) is 11.4. The Hall–Kier alpha value is -0.650. The molecule has 0 aromatic heterocycles. The van der Waals surface area contributed by atoms with E-state index in [-0.39, 0.29) is 11.9 Å². The average Bonchev–Trinajstić information content (AvgIpc) is 2.62. The van der Waals surface area contributed by atoms with Crippen LogP contribution in [0.2, 0.25) is 0 Å². The van der Waals surface area contributed by atoms with Gasteiger partial charge in [-0.05, 0) is 33.9 Å². The minimum atomic E-state index is -0.675. The normalized spacial score (nSPS) is 24.6. The highest BCUT2D eigenvalue weighted by atomic mass is 16.3. The number of carbonyl (C=O) groups is 1. The van der Waals surface area contributed by atoms with Crippen LogP contribution in [0.1, 0.15) is 20.3 Å². The van der Waals surface area contributed by atoms with Crippen molar-refractivity contribution in [3.05, 3.63) is 0 Å². The number of amides is 1.